The van der Waals surface area contributed by atoms with Gasteiger partial charge >= 0.3 is 0 Å². The molecule has 1 aromatic rings. The molecule has 0 fully saturated rings. The van der Waals surface area contributed by atoms with Gasteiger partial charge in [-0.25, -0.2) is 0 Å². The second-order valence-corrected chi connectivity index (χ2v) is 4.43. The van der Waals surface area contributed by atoms with Crippen molar-refractivity contribution >= 4 is 17.2 Å². The van der Waals surface area contributed by atoms with Crippen LogP contribution < -0.4 is 11.1 Å². The Hall–Kier alpha value is -0.870. The number of thiophene rings is 1. The van der Waals surface area contributed by atoms with Crippen LogP contribution in [0.4, 0.5) is 0 Å². The molecule has 0 aliphatic rings. The van der Waals surface area contributed by atoms with Crippen molar-refractivity contribution in [2.75, 3.05) is 13.1 Å². The van der Waals surface area contributed by atoms with Gasteiger partial charge in [-0.15, -0.1) is 11.3 Å². The van der Waals surface area contributed by atoms with Crippen LogP contribution in [0.1, 0.15) is 11.8 Å². The molecule has 1 amide bonds. The summed E-state index contributed by atoms with van der Waals surface area (Å²) >= 11 is 1.61. The summed E-state index contributed by atoms with van der Waals surface area (Å²) in [6.45, 7) is 3.30. The van der Waals surface area contributed by atoms with Crippen LogP contribution in [0.2, 0.25) is 0 Å². The van der Waals surface area contributed by atoms with Gasteiger partial charge in [0.25, 0.3) is 0 Å². The van der Waals surface area contributed by atoms with E-state index in [0.29, 0.717) is 25.4 Å². The summed E-state index contributed by atoms with van der Waals surface area (Å²) < 4.78 is 0. The lowest BCUT2D eigenvalue weighted by atomic mass is 10.2. The third-order valence-electron chi connectivity index (χ3n) is 1.96. The van der Waals surface area contributed by atoms with E-state index in [2.05, 4.69) is 5.32 Å². The molecule has 1 aromatic heterocycles. The van der Waals surface area contributed by atoms with Gasteiger partial charge in [0.1, 0.15) is 0 Å². The van der Waals surface area contributed by atoms with Gasteiger partial charge in [-0.3, -0.25) is 4.79 Å². The van der Waals surface area contributed by atoms with E-state index >= 15 is 0 Å². The molecule has 0 aromatic carbocycles. The van der Waals surface area contributed by atoms with Crippen LogP contribution in [0.3, 0.4) is 0 Å². The van der Waals surface area contributed by atoms with Gasteiger partial charge < -0.3 is 11.1 Å². The number of hydrogen-bond donors (Lipinski definition) is 2. The fourth-order valence-electron chi connectivity index (χ4n) is 1.01. The van der Waals surface area contributed by atoms with E-state index in [0.717, 1.165) is 4.88 Å². The van der Waals surface area contributed by atoms with Crippen molar-refractivity contribution in [3.63, 3.8) is 0 Å². The van der Waals surface area contributed by atoms with Gasteiger partial charge in [0.2, 0.25) is 5.91 Å². The fraction of sp³-hybridized carbons (Fsp3) is 0.500. The molecule has 0 aliphatic carbocycles. The second kappa shape index (κ2) is 5.78. The molecular weight excluding hydrogens is 196 g/mol. The summed E-state index contributed by atoms with van der Waals surface area (Å²) in [6.07, 6.45) is 0.481. The highest BCUT2D eigenvalue weighted by atomic mass is 32.1. The molecular formula is C10H16N2OS. The van der Waals surface area contributed by atoms with Crippen LogP contribution in [0.25, 0.3) is 0 Å². The van der Waals surface area contributed by atoms with E-state index in [-0.39, 0.29) is 5.91 Å². The maximum atomic E-state index is 11.4. The number of nitrogens with one attached hydrogen (secondary N) is 1. The van der Waals surface area contributed by atoms with Crippen LogP contribution in [0, 0.1) is 5.92 Å². The molecule has 0 saturated heterocycles. The van der Waals surface area contributed by atoms with Gasteiger partial charge in [-0.2, -0.15) is 0 Å². The third-order valence-corrected chi connectivity index (χ3v) is 2.84. The van der Waals surface area contributed by atoms with Crippen LogP contribution in [-0.4, -0.2) is 19.0 Å². The van der Waals surface area contributed by atoms with Gasteiger partial charge in [0, 0.05) is 11.4 Å². The first-order chi connectivity index (χ1) is 6.72. The first-order valence-corrected chi connectivity index (χ1v) is 5.59. The van der Waals surface area contributed by atoms with E-state index in [4.69, 9.17) is 5.73 Å². The van der Waals surface area contributed by atoms with Crippen molar-refractivity contribution in [2.24, 2.45) is 11.7 Å². The Morgan fingerprint density at radius 3 is 3.07 bits per heavy atom. The smallest absolute Gasteiger partial charge is 0.225 e. The van der Waals surface area contributed by atoms with E-state index in [9.17, 15) is 4.79 Å². The number of carbonyl (C=O) groups is 1. The topological polar surface area (TPSA) is 55.1 Å². The Bertz CT molecular complexity index is 272. The summed E-state index contributed by atoms with van der Waals surface area (Å²) in [7, 11) is 0. The number of amides is 1. The lowest BCUT2D eigenvalue weighted by Gasteiger charge is -2.09. The molecule has 78 valence electrons. The zero-order valence-electron chi connectivity index (χ0n) is 8.32. The quantitative estimate of drug-likeness (QED) is 0.765. The highest BCUT2D eigenvalue weighted by molar-refractivity contribution is 7.10. The minimum Gasteiger partial charge on any atom is -0.355 e. The molecule has 1 heterocycles. The number of hydrogen-bond acceptors (Lipinski definition) is 3. The molecule has 0 saturated carbocycles. The maximum Gasteiger partial charge on any atom is 0.225 e. The summed E-state index contributed by atoms with van der Waals surface area (Å²) in [5, 5.41) is 4.84. The molecule has 3 nitrogen and oxygen atoms in total. The Labute approximate surface area is 88.3 Å². The summed E-state index contributed by atoms with van der Waals surface area (Å²) in [5.41, 5.74) is 5.45. The van der Waals surface area contributed by atoms with E-state index in [1.165, 1.54) is 0 Å². The molecule has 0 bridgehead atoms. The van der Waals surface area contributed by atoms with Crippen LogP contribution in [0.5, 0.6) is 0 Å². The lowest BCUT2D eigenvalue weighted by molar-refractivity contribution is -0.120. The van der Waals surface area contributed by atoms with Crippen LogP contribution in [-0.2, 0) is 11.2 Å². The zero-order chi connectivity index (χ0) is 10.4. The Kier molecular flexibility index (Phi) is 4.62. The Morgan fingerprint density at radius 1 is 1.71 bits per heavy atom. The predicted molar refractivity (Wildman–Crippen MR) is 59.3 cm³/mol. The normalized spacial score (nSPS) is 12.4. The van der Waals surface area contributed by atoms with Crippen molar-refractivity contribution in [3.8, 4) is 0 Å². The van der Waals surface area contributed by atoms with Gasteiger partial charge in [-0.05, 0) is 23.9 Å². The molecule has 0 radical (unpaired) electrons. The highest BCUT2D eigenvalue weighted by Gasteiger charge is 2.05. The van der Waals surface area contributed by atoms with Crippen molar-refractivity contribution < 1.29 is 4.79 Å². The van der Waals surface area contributed by atoms with Crippen LogP contribution >= 0.6 is 11.3 Å². The molecule has 3 N–H and O–H groups in total. The average Bonchev–Trinajstić information content (AvgIpc) is 2.66. The monoisotopic (exact) mass is 212 g/mol. The maximum absolute atomic E-state index is 11.4. The summed E-state index contributed by atoms with van der Waals surface area (Å²) in [4.78, 5) is 12.5. The SMILES string of the molecule is CC(CN)CNC(=O)Cc1cccs1. The first kappa shape index (κ1) is 11.2. The Morgan fingerprint density at radius 2 is 2.50 bits per heavy atom. The van der Waals surface area contributed by atoms with E-state index in [1.54, 1.807) is 11.3 Å². The number of carbonyl (C=O) groups excluding carboxylic acids is 1. The molecule has 14 heavy (non-hydrogen) atoms. The molecule has 4 heteroatoms. The van der Waals surface area contributed by atoms with Crippen molar-refractivity contribution in [3.05, 3.63) is 22.4 Å². The minimum atomic E-state index is 0.0766. The van der Waals surface area contributed by atoms with E-state index < -0.39 is 0 Å². The summed E-state index contributed by atoms with van der Waals surface area (Å²) in [6, 6.07) is 3.92. The largest absolute Gasteiger partial charge is 0.355 e. The number of nitrogens with two attached hydrogens (primary N) is 1. The number of rotatable bonds is 5. The van der Waals surface area contributed by atoms with Gasteiger partial charge in [-0.1, -0.05) is 13.0 Å². The molecule has 1 unspecified atom stereocenters. The average molecular weight is 212 g/mol. The zero-order valence-corrected chi connectivity index (χ0v) is 9.14. The fourth-order valence-corrected chi connectivity index (χ4v) is 1.71. The first-order valence-electron chi connectivity index (χ1n) is 4.71. The Balaban J connectivity index is 2.23. The summed E-state index contributed by atoms with van der Waals surface area (Å²) in [5.74, 6) is 0.426. The molecule has 1 rings (SSSR count). The second-order valence-electron chi connectivity index (χ2n) is 3.40. The van der Waals surface area contributed by atoms with Crippen LogP contribution in [0.15, 0.2) is 17.5 Å². The van der Waals surface area contributed by atoms with Crippen molar-refractivity contribution in [1.82, 2.24) is 5.32 Å². The molecule has 0 spiro atoms. The molecule has 1 atom stereocenters. The standard InChI is InChI=1S/C10H16N2OS/c1-8(6-11)7-12-10(13)5-9-3-2-4-14-9/h2-4,8H,5-7,11H2,1H3,(H,12,13). The lowest BCUT2D eigenvalue weighted by Crippen LogP contribution is -2.32. The van der Waals surface area contributed by atoms with Gasteiger partial charge in [0.05, 0.1) is 6.42 Å². The molecule has 0 aliphatic heterocycles. The minimum absolute atomic E-state index is 0.0766. The van der Waals surface area contributed by atoms with Crippen molar-refractivity contribution in [1.29, 1.82) is 0 Å². The van der Waals surface area contributed by atoms with Crippen molar-refractivity contribution in [2.45, 2.75) is 13.3 Å². The predicted octanol–water partition coefficient (Wildman–Crippen LogP) is 1.00. The van der Waals surface area contributed by atoms with E-state index in [1.807, 2.05) is 24.4 Å². The van der Waals surface area contributed by atoms with Gasteiger partial charge in [0.15, 0.2) is 0 Å². The highest BCUT2D eigenvalue weighted by Crippen LogP contribution is 2.08. The third kappa shape index (κ3) is 3.89.